The van der Waals surface area contributed by atoms with Crippen LogP contribution in [0.4, 0.5) is 0 Å². The van der Waals surface area contributed by atoms with E-state index in [2.05, 4.69) is 36.5 Å². The normalized spacial score (nSPS) is 17.2. The van der Waals surface area contributed by atoms with Crippen molar-refractivity contribution in [1.82, 2.24) is 5.32 Å². The molecular weight excluding hydrogens is 206 g/mol. The Morgan fingerprint density at radius 1 is 1.12 bits per heavy atom. The molecule has 0 aromatic heterocycles. The van der Waals surface area contributed by atoms with E-state index in [1.165, 1.54) is 62.6 Å². The standard InChI is InChI=1S/C16H25N/c1-14-8-5-6-9-15(14)10-7-13-17-16-11-3-2-4-12-16/h5-6,8-9,16-17H,2-4,7,10-13H2,1H3. The van der Waals surface area contributed by atoms with E-state index in [-0.39, 0.29) is 0 Å². The molecule has 0 radical (unpaired) electrons. The summed E-state index contributed by atoms with van der Waals surface area (Å²) < 4.78 is 0. The van der Waals surface area contributed by atoms with Crippen LogP contribution in [0.3, 0.4) is 0 Å². The van der Waals surface area contributed by atoms with Crippen LogP contribution in [0.15, 0.2) is 24.3 Å². The molecule has 94 valence electrons. The molecule has 1 heteroatoms. The average Bonchev–Trinajstić information content (AvgIpc) is 2.38. The Balaban J connectivity index is 1.64. The summed E-state index contributed by atoms with van der Waals surface area (Å²) in [4.78, 5) is 0. The molecule has 0 saturated heterocycles. The zero-order valence-corrected chi connectivity index (χ0v) is 11.0. The first kappa shape index (κ1) is 12.6. The third-order valence-corrected chi connectivity index (χ3v) is 3.92. The van der Waals surface area contributed by atoms with E-state index in [1.54, 1.807) is 0 Å². The van der Waals surface area contributed by atoms with E-state index < -0.39 is 0 Å². The molecule has 1 aliphatic rings. The van der Waals surface area contributed by atoms with Gasteiger partial charge in [0.05, 0.1) is 0 Å². The molecule has 0 bridgehead atoms. The first-order chi connectivity index (χ1) is 8.36. The molecule has 17 heavy (non-hydrogen) atoms. The van der Waals surface area contributed by atoms with Gasteiger partial charge in [-0.05, 0) is 50.3 Å². The first-order valence-electron chi connectivity index (χ1n) is 7.14. The van der Waals surface area contributed by atoms with Crippen molar-refractivity contribution in [2.45, 2.75) is 57.9 Å². The van der Waals surface area contributed by atoms with Crippen LogP contribution in [0.5, 0.6) is 0 Å². The van der Waals surface area contributed by atoms with Crippen molar-refractivity contribution in [2.75, 3.05) is 6.54 Å². The van der Waals surface area contributed by atoms with Gasteiger partial charge in [0, 0.05) is 6.04 Å². The minimum atomic E-state index is 0.806. The lowest BCUT2D eigenvalue weighted by Gasteiger charge is -2.22. The van der Waals surface area contributed by atoms with Gasteiger partial charge in [-0.15, -0.1) is 0 Å². The van der Waals surface area contributed by atoms with E-state index >= 15 is 0 Å². The van der Waals surface area contributed by atoms with Gasteiger partial charge in [0.25, 0.3) is 0 Å². The summed E-state index contributed by atoms with van der Waals surface area (Å²) >= 11 is 0. The molecule has 0 amide bonds. The van der Waals surface area contributed by atoms with Crippen LogP contribution in [0.1, 0.15) is 49.7 Å². The highest BCUT2D eigenvalue weighted by Gasteiger charge is 2.11. The summed E-state index contributed by atoms with van der Waals surface area (Å²) in [7, 11) is 0. The predicted octanol–water partition coefficient (Wildman–Crippen LogP) is 3.85. The van der Waals surface area contributed by atoms with E-state index in [4.69, 9.17) is 0 Å². The molecule has 1 N–H and O–H groups in total. The van der Waals surface area contributed by atoms with Crippen LogP contribution < -0.4 is 5.32 Å². The lowest BCUT2D eigenvalue weighted by Crippen LogP contribution is -2.31. The van der Waals surface area contributed by atoms with Gasteiger partial charge in [0.1, 0.15) is 0 Å². The molecule has 0 atom stereocenters. The minimum Gasteiger partial charge on any atom is -0.314 e. The zero-order valence-electron chi connectivity index (χ0n) is 11.0. The molecule has 0 heterocycles. The number of rotatable bonds is 5. The Kier molecular flexibility index (Phi) is 5.06. The third-order valence-electron chi connectivity index (χ3n) is 3.92. The summed E-state index contributed by atoms with van der Waals surface area (Å²) in [6, 6.07) is 9.55. The maximum atomic E-state index is 3.71. The highest BCUT2D eigenvalue weighted by Crippen LogP contribution is 2.17. The predicted molar refractivity (Wildman–Crippen MR) is 74.4 cm³/mol. The molecule has 1 aromatic carbocycles. The molecule has 0 aliphatic heterocycles. The number of benzene rings is 1. The number of nitrogens with one attached hydrogen (secondary N) is 1. The van der Waals surface area contributed by atoms with Gasteiger partial charge in [-0.25, -0.2) is 0 Å². The van der Waals surface area contributed by atoms with Gasteiger partial charge in [0.15, 0.2) is 0 Å². The zero-order chi connectivity index (χ0) is 11.9. The Bertz CT molecular complexity index is 326. The molecule has 1 aliphatic carbocycles. The van der Waals surface area contributed by atoms with Crippen molar-refractivity contribution < 1.29 is 0 Å². The molecule has 2 rings (SSSR count). The molecule has 1 saturated carbocycles. The van der Waals surface area contributed by atoms with Gasteiger partial charge < -0.3 is 5.32 Å². The largest absolute Gasteiger partial charge is 0.314 e. The fraction of sp³-hybridized carbons (Fsp3) is 0.625. The average molecular weight is 231 g/mol. The molecule has 1 nitrogen and oxygen atoms in total. The van der Waals surface area contributed by atoms with Crippen molar-refractivity contribution in [2.24, 2.45) is 0 Å². The van der Waals surface area contributed by atoms with Crippen LogP contribution in [0.2, 0.25) is 0 Å². The maximum absolute atomic E-state index is 3.71. The smallest absolute Gasteiger partial charge is 0.00670 e. The van der Waals surface area contributed by atoms with Crippen molar-refractivity contribution in [3.05, 3.63) is 35.4 Å². The van der Waals surface area contributed by atoms with E-state index in [0.717, 1.165) is 6.04 Å². The fourth-order valence-electron chi connectivity index (χ4n) is 2.78. The number of hydrogen-bond donors (Lipinski definition) is 1. The van der Waals surface area contributed by atoms with E-state index in [9.17, 15) is 0 Å². The Morgan fingerprint density at radius 3 is 2.65 bits per heavy atom. The lowest BCUT2D eigenvalue weighted by molar-refractivity contribution is 0.372. The molecular formula is C16H25N. The second-order valence-electron chi connectivity index (χ2n) is 5.32. The van der Waals surface area contributed by atoms with Crippen LogP contribution in [0.25, 0.3) is 0 Å². The SMILES string of the molecule is Cc1ccccc1CCCNC1CCCCC1. The highest BCUT2D eigenvalue weighted by molar-refractivity contribution is 5.25. The highest BCUT2D eigenvalue weighted by atomic mass is 14.9. The first-order valence-corrected chi connectivity index (χ1v) is 7.14. The van der Waals surface area contributed by atoms with Crippen LogP contribution in [-0.2, 0) is 6.42 Å². The Hall–Kier alpha value is -0.820. The maximum Gasteiger partial charge on any atom is 0.00670 e. The second kappa shape index (κ2) is 6.80. The summed E-state index contributed by atoms with van der Waals surface area (Å²) in [6.45, 7) is 3.39. The summed E-state index contributed by atoms with van der Waals surface area (Å²) in [6.07, 6.45) is 9.56. The fourth-order valence-corrected chi connectivity index (χ4v) is 2.78. The van der Waals surface area contributed by atoms with E-state index in [1.807, 2.05) is 0 Å². The number of aryl methyl sites for hydroxylation is 2. The van der Waals surface area contributed by atoms with Crippen molar-refractivity contribution >= 4 is 0 Å². The Morgan fingerprint density at radius 2 is 1.88 bits per heavy atom. The lowest BCUT2D eigenvalue weighted by atomic mass is 9.95. The summed E-state index contributed by atoms with van der Waals surface area (Å²) in [5.41, 5.74) is 2.95. The monoisotopic (exact) mass is 231 g/mol. The third kappa shape index (κ3) is 4.16. The second-order valence-corrected chi connectivity index (χ2v) is 5.32. The summed E-state index contributed by atoms with van der Waals surface area (Å²) in [5, 5.41) is 3.71. The van der Waals surface area contributed by atoms with Gasteiger partial charge in [0.2, 0.25) is 0 Å². The van der Waals surface area contributed by atoms with Gasteiger partial charge in [-0.2, -0.15) is 0 Å². The van der Waals surface area contributed by atoms with Crippen molar-refractivity contribution in [1.29, 1.82) is 0 Å². The Labute approximate surface area is 106 Å². The van der Waals surface area contributed by atoms with Crippen molar-refractivity contribution in [3.8, 4) is 0 Å². The number of hydrogen-bond acceptors (Lipinski definition) is 1. The van der Waals surface area contributed by atoms with Crippen molar-refractivity contribution in [3.63, 3.8) is 0 Å². The molecule has 1 fully saturated rings. The van der Waals surface area contributed by atoms with Gasteiger partial charge in [-0.1, -0.05) is 43.5 Å². The molecule has 0 spiro atoms. The van der Waals surface area contributed by atoms with E-state index in [0.29, 0.717) is 0 Å². The molecule has 0 unspecified atom stereocenters. The quantitative estimate of drug-likeness (QED) is 0.759. The summed E-state index contributed by atoms with van der Waals surface area (Å²) in [5.74, 6) is 0. The molecule has 1 aromatic rings. The van der Waals surface area contributed by atoms with Crippen LogP contribution in [-0.4, -0.2) is 12.6 Å². The van der Waals surface area contributed by atoms with Crippen LogP contribution in [0, 0.1) is 6.92 Å². The van der Waals surface area contributed by atoms with Crippen LogP contribution >= 0.6 is 0 Å². The van der Waals surface area contributed by atoms with Gasteiger partial charge >= 0.3 is 0 Å². The minimum absolute atomic E-state index is 0.806. The van der Waals surface area contributed by atoms with Gasteiger partial charge in [-0.3, -0.25) is 0 Å². The topological polar surface area (TPSA) is 12.0 Å².